The van der Waals surface area contributed by atoms with Gasteiger partial charge in [0.1, 0.15) is 0 Å². The van der Waals surface area contributed by atoms with Gasteiger partial charge in [0, 0.05) is 30.5 Å². The summed E-state index contributed by atoms with van der Waals surface area (Å²) >= 11 is 1.76. The van der Waals surface area contributed by atoms with Gasteiger partial charge in [-0.15, -0.1) is 11.3 Å². The SMILES string of the molecule is CC(Cc1cccs1)N(C)c1ccc(C=O)o1. The molecule has 0 radical (unpaired) electrons. The number of carbonyl (C=O) groups is 1. The van der Waals surface area contributed by atoms with Crippen LogP contribution in [0.3, 0.4) is 0 Å². The van der Waals surface area contributed by atoms with Crippen LogP contribution in [0.25, 0.3) is 0 Å². The van der Waals surface area contributed by atoms with E-state index >= 15 is 0 Å². The zero-order valence-corrected chi connectivity index (χ0v) is 10.7. The third-order valence-corrected chi connectivity index (χ3v) is 3.71. The molecule has 2 rings (SSSR count). The summed E-state index contributed by atoms with van der Waals surface area (Å²) in [6, 6.07) is 8.04. The molecular weight excluding hydrogens is 234 g/mol. The van der Waals surface area contributed by atoms with Crippen LogP contribution in [0, 0.1) is 0 Å². The lowest BCUT2D eigenvalue weighted by Gasteiger charge is -2.23. The second-order valence-electron chi connectivity index (χ2n) is 4.04. The maximum Gasteiger partial charge on any atom is 0.196 e. The van der Waals surface area contributed by atoms with Crippen molar-refractivity contribution in [2.75, 3.05) is 11.9 Å². The molecular formula is C13H15NO2S. The van der Waals surface area contributed by atoms with Gasteiger partial charge in [-0.25, -0.2) is 0 Å². The molecule has 2 heterocycles. The minimum Gasteiger partial charge on any atom is -0.438 e. The largest absolute Gasteiger partial charge is 0.438 e. The molecule has 0 amide bonds. The highest BCUT2D eigenvalue weighted by Crippen LogP contribution is 2.21. The van der Waals surface area contributed by atoms with Crippen LogP contribution >= 0.6 is 11.3 Å². The molecule has 2 aromatic rings. The Hall–Kier alpha value is -1.55. The third-order valence-electron chi connectivity index (χ3n) is 2.81. The lowest BCUT2D eigenvalue weighted by molar-refractivity contribution is 0.110. The molecule has 0 fully saturated rings. The summed E-state index contributed by atoms with van der Waals surface area (Å²) in [5, 5.41) is 2.08. The quantitative estimate of drug-likeness (QED) is 0.763. The van der Waals surface area contributed by atoms with Crippen molar-refractivity contribution in [1.29, 1.82) is 0 Å². The average Bonchev–Trinajstić information content (AvgIpc) is 2.98. The molecule has 1 unspecified atom stereocenters. The van der Waals surface area contributed by atoms with Gasteiger partial charge in [-0.05, 0) is 24.4 Å². The van der Waals surface area contributed by atoms with Crippen LogP contribution in [0.2, 0.25) is 0 Å². The molecule has 0 aliphatic carbocycles. The first-order valence-corrected chi connectivity index (χ1v) is 6.39. The van der Waals surface area contributed by atoms with E-state index in [-0.39, 0.29) is 0 Å². The highest BCUT2D eigenvalue weighted by atomic mass is 32.1. The number of nitrogens with zero attached hydrogens (tertiary/aromatic N) is 1. The zero-order valence-electron chi connectivity index (χ0n) is 9.92. The van der Waals surface area contributed by atoms with Gasteiger partial charge in [0.25, 0.3) is 0 Å². The van der Waals surface area contributed by atoms with Gasteiger partial charge in [-0.2, -0.15) is 0 Å². The second kappa shape index (κ2) is 5.19. The van der Waals surface area contributed by atoms with Crippen LogP contribution in [0.15, 0.2) is 34.1 Å². The summed E-state index contributed by atoms with van der Waals surface area (Å²) < 4.78 is 5.40. The Morgan fingerprint density at radius 1 is 1.47 bits per heavy atom. The van der Waals surface area contributed by atoms with E-state index in [9.17, 15) is 4.79 Å². The van der Waals surface area contributed by atoms with Crippen molar-refractivity contribution in [2.24, 2.45) is 0 Å². The molecule has 0 N–H and O–H groups in total. The van der Waals surface area contributed by atoms with E-state index in [0.29, 0.717) is 11.8 Å². The van der Waals surface area contributed by atoms with Crippen molar-refractivity contribution >= 4 is 23.5 Å². The minimum atomic E-state index is 0.333. The maximum atomic E-state index is 10.6. The highest BCUT2D eigenvalue weighted by Gasteiger charge is 2.14. The van der Waals surface area contributed by atoms with Crippen molar-refractivity contribution < 1.29 is 9.21 Å². The number of thiophene rings is 1. The predicted molar refractivity (Wildman–Crippen MR) is 70.0 cm³/mol. The molecule has 0 aromatic carbocycles. The monoisotopic (exact) mass is 249 g/mol. The van der Waals surface area contributed by atoms with E-state index in [1.165, 1.54) is 4.88 Å². The molecule has 90 valence electrons. The van der Waals surface area contributed by atoms with E-state index in [2.05, 4.69) is 24.4 Å². The van der Waals surface area contributed by atoms with Crippen LogP contribution in [-0.2, 0) is 6.42 Å². The van der Waals surface area contributed by atoms with Crippen molar-refractivity contribution in [3.63, 3.8) is 0 Å². The van der Waals surface area contributed by atoms with E-state index in [1.54, 1.807) is 17.4 Å². The minimum absolute atomic E-state index is 0.333. The number of likely N-dealkylation sites (N-methyl/N-ethyl adjacent to an activating group) is 1. The summed E-state index contributed by atoms with van der Waals surface area (Å²) in [6.07, 6.45) is 1.70. The first-order valence-electron chi connectivity index (χ1n) is 5.51. The lowest BCUT2D eigenvalue weighted by atomic mass is 10.2. The molecule has 17 heavy (non-hydrogen) atoms. The predicted octanol–water partition coefficient (Wildman–Crippen LogP) is 3.22. The van der Waals surface area contributed by atoms with Gasteiger partial charge in [0.2, 0.25) is 0 Å². The molecule has 1 atom stereocenters. The van der Waals surface area contributed by atoms with Crippen molar-refractivity contribution in [2.45, 2.75) is 19.4 Å². The molecule has 4 heteroatoms. The smallest absolute Gasteiger partial charge is 0.196 e. The van der Waals surface area contributed by atoms with E-state index in [4.69, 9.17) is 4.42 Å². The fourth-order valence-corrected chi connectivity index (χ4v) is 2.50. The first kappa shape index (κ1) is 11.9. The van der Waals surface area contributed by atoms with E-state index in [1.807, 2.05) is 18.0 Å². The number of hydrogen-bond donors (Lipinski definition) is 0. The van der Waals surface area contributed by atoms with Crippen molar-refractivity contribution in [3.8, 4) is 0 Å². The van der Waals surface area contributed by atoms with Crippen LogP contribution in [0.4, 0.5) is 5.88 Å². The van der Waals surface area contributed by atoms with Gasteiger partial charge in [-0.1, -0.05) is 6.07 Å². The van der Waals surface area contributed by atoms with E-state index < -0.39 is 0 Å². The Balaban J connectivity index is 2.03. The summed E-state index contributed by atoms with van der Waals surface area (Å²) in [4.78, 5) is 14.0. The molecule has 0 aliphatic rings. The summed E-state index contributed by atoms with van der Waals surface area (Å²) in [6.45, 7) is 2.14. The molecule has 0 bridgehead atoms. The number of rotatable bonds is 5. The van der Waals surface area contributed by atoms with Crippen LogP contribution in [-0.4, -0.2) is 19.4 Å². The Morgan fingerprint density at radius 3 is 2.88 bits per heavy atom. The van der Waals surface area contributed by atoms with Crippen molar-refractivity contribution in [3.05, 3.63) is 40.3 Å². The molecule has 0 saturated carbocycles. The normalized spacial score (nSPS) is 12.4. The second-order valence-corrected chi connectivity index (χ2v) is 5.07. The van der Waals surface area contributed by atoms with Gasteiger partial charge in [0.15, 0.2) is 17.9 Å². The number of anilines is 1. The third kappa shape index (κ3) is 2.77. The Morgan fingerprint density at radius 2 is 2.29 bits per heavy atom. The summed E-state index contributed by atoms with van der Waals surface area (Å²) in [5.74, 6) is 1.10. The zero-order chi connectivity index (χ0) is 12.3. The lowest BCUT2D eigenvalue weighted by Crippen LogP contribution is -2.30. The van der Waals surface area contributed by atoms with Gasteiger partial charge < -0.3 is 9.32 Å². The van der Waals surface area contributed by atoms with E-state index in [0.717, 1.165) is 18.6 Å². The Bertz CT molecular complexity index is 475. The number of furan rings is 1. The van der Waals surface area contributed by atoms with Crippen LogP contribution in [0.5, 0.6) is 0 Å². The summed E-state index contributed by atoms with van der Waals surface area (Å²) in [5.41, 5.74) is 0. The molecule has 2 aromatic heterocycles. The van der Waals surface area contributed by atoms with Gasteiger partial charge >= 0.3 is 0 Å². The Labute approximate surface area is 105 Å². The molecule has 3 nitrogen and oxygen atoms in total. The number of hydrogen-bond acceptors (Lipinski definition) is 4. The van der Waals surface area contributed by atoms with Crippen LogP contribution in [0.1, 0.15) is 22.4 Å². The molecule has 0 aliphatic heterocycles. The van der Waals surface area contributed by atoms with Crippen molar-refractivity contribution in [1.82, 2.24) is 0 Å². The molecule has 0 saturated heterocycles. The van der Waals surface area contributed by atoms with Gasteiger partial charge in [0.05, 0.1) is 0 Å². The molecule has 0 spiro atoms. The first-order chi connectivity index (χ1) is 8.20. The highest BCUT2D eigenvalue weighted by molar-refractivity contribution is 7.09. The fourth-order valence-electron chi connectivity index (χ4n) is 1.67. The fraction of sp³-hybridized carbons (Fsp3) is 0.308. The van der Waals surface area contributed by atoms with Crippen LogP contribution < -0.4 is 4.90 Å². The van der Waals surface area contributed by atoms with Gasteiger partial charge in [-0.3, -0.25) is 4.79 Å². The number of carbonyl (C=O) groups excluding carboxylic acids is 1. The topological polar surface area (TPSA) is 33.5 Å². The standard InChI is InChI=1S/C13H15NO2S/c1-10(8-12-4-3-7-17-12)14(2)13-6-5-11(9-15)16-13/h3-7,9-10H,8H2,1-2H3. The average molecular weight is 249 g/mol. The summed E-state index contributed by atoms with van der Waals surface area (Å²) in [7, 11) is 1.98. The number of aldehydes is 1. The maximum absolute atomic E-state index is 10.6. The Kier molecular flexibility index (Phi) is 3.64.